The quantitative estimate of drug-likeness (QED) is 0.842. The van der Waals surface area contributed by atoms with Crippen LogP contribution in [0.5, 0.6) is 5.75 Å². The van der Waals surface area contributed by atoms with Gasteiger partial charge in [0.2, 0.25) is 0 Å². The van der Waals surface area contributed by atoms with Crippen molar-refractivity contribution in [1.82, 2.24) is 0 Å². The number of hydrogen-bond donors (Lipinski definition) is 1. The maximum Gasteiger partial charge on any atom is 0.335 e. The minimum absolute atomic E-state index is 0.346. The van der Waals surface area contributed by atoms with Crippen molar-refractivity contribution >= 4 is 5.97 Å². The number of aryl methyl sites for hydroxylation is 1. The lowest BCUT2D eigenvalue weighted by Gasteiger charge is -2.22. The van der Waals surface area contributed by atoms with Crippen LogP contribution >= 0.6 is 0 Å². The summed E-state index contributed by atoms with van der Waals surface area (Å²) in [5.41, 5.74) is 1.36. The molecular formula is C17H24O3. The lowest BCUT2D eigenvalue weighted by molar-refractivity contribution is 0.0696. The third-order valence-electron chi connectivity index (χ3n) is 4.03. The topological polar surface area (TPSA) is 46.5 Å². The molecule has 0 bridgehead atoms. The second-order valence-electron chi connectivity index (χ2n) is 5.69. The predicted molar refractivity (Wildman–Crippen MR) is 79.5 cm³/mol. The Bertz CT molecular complexity index is 448. The third kappa shape index (κ3) is 3.99. The van der Waals surface area contributed by atoms with E-state index in [2.05, 4.69) is 6.92 Å². The van der Waals surface area contributed by atoms with Gasteiger partial charge >= 0.3 is 5.97 Å². The predicted octanol–water partition coefficient (Wildman–Crippen LogP) is 4.30. The van der Waals surface area contributed by atoms with Crippen molar-refractivity contribution in [3.05, 3.63) is 29.3 Å². The molecule has 3 heteroatoms. The van der Waals surface area contributed by atoms with Gasteiger partial charge in [0.05, 0.1) is 12.2 Å². The van der Waals surface area contributed by atoms with E-state index in [-0.39, 0.29) is 0 Å². The molecule has 110 valence electrons. The molecule has 1 aromatic rings. The van der Waals surface area contributed by atoms with Crippen LogP contribution in [-0.4, -0.2) is 17.7 Å². The largest absolute Gasteiger partial charge is 0.493 e. The minimum Gasteiger partial charge on any atom is -0.493 e. The fraction of sp³-hybridized carbons (Fsp3) is 0.588. The van der Waals surface area contributed by atoms with Gasteiger partial charge in [-0.3, -0.25) is 0 Å². The molecule has 0 aliphatic heterocycles. The van der Waals surface area contributed by atoms with Gasteiger partial charge < -0.3 is 9.84 Å². The smallest absolute Gasteiger partial charge is 0.335 e. The Morgan fingerprint density at radius 1 is 1.30 bits per heavy atom. The van der Waals surface area contributed by atoms with E-state index < -0.39 is 5.97 Å². The van der Waals surface area contributed by atoms with E-state index in [9.17, 15) is 4.79 Å². The highest BCUT2D eigenvalue weighted by molar-refractivity contribution is 5.88. The lowest BCUT2D eigenvalue weighted by Crippen LogP contribution is -2.16. The number of hydrogen-bond acceptors (Lipinski definition) is 2. The summed E-state index contributed by atoms with van der Waals surface area (Å²) in [4.78, 5) is 11.0. The highest BCUT2D eigenvalue weighted by Crippen LogP contribution is 2.27. The van der Waals surface area contributed by atoms with Crippen LogP contribution in [0.4, 0.5) is 0 Å². The Labute approximate surface area is 121 Å². The Morgan fingerprint density at radius 2 is 2.05 bits per heavy atom. The van der Waals surface area contributed by atoms with Gasteiger partial charge in [-0.15, -0.1) is 0 Å². The first kappa shape index (κ1) is 14.9. The maximum absolute atomic E-state index is 11.0. The van der Waals surface area contributed by atoms with Crippen LogP contribution in [-0.2, 0) is 6.42 Å². The zero-order valence-electron chi connectivity index (χ0n) is 12.2. The van der Waals surface area contributed by atoms with Gasteiger partial charge in [-0.25, -0.2) is 4.79 Å². The fourth-order valence-corrected chi connectivity index (χ4v) is 2.88. The van der Waals surface area contributed by atoms with E-state index in [4.69, 9.17) is 9.84 Å². The second kappa shape index (κ2) is 7.32. The normalized spacial score (nSPS) is 16.1. The number of rotatable bonds is 6. The van der Waals surface area contributed by atoms with E-state index in [0.717, 1.165) is 30.8 Å². The van der Waals surface area contributed by atoms with Gasteiger partial charge in [0.25, 0.3) is 0 Å². The Morgan fingerprint density at radius 3 is 2.70 bits per heavy atom. The van der Waals surface area contributed by atoms with E-state index in [0.29, 0.717) is 11.5 Å². The van der Waals surface area contributed by atoms with Crippen molar-refractivity contribution in [1.29, 1.82) is 0 Å². The van der Waals surface area contributed by atoms with Crippen LogP contribution < -0.4 is 4.74 Å². The fourth-order valence-electron chi connectivity index (χ4n) is 2.88. The van der Waals surface area contributed by atoms with Crippen LogP contribution in [0.1, 0.15) is 61.4 Å². The molecule has 0 unspecified atom stereocenters. The highest BCUT2D eigenvalue weighted by Gasteiger charge is 2.15. The molecule has 1 fully saturated rings. The molecule has 0 saturated heterocycles. The van der Waals surface area contributed by atoms with Crippen molar-refractivity contribution < 1.29 is 14.6 Å². The first-order valence-electron chi connectivity index (χ1n) is 7.69. The molecule has 1 aliphatic carbocycles. The molecule has 0 spiro atoms. The number of carbonyl (C=O) groups is 1. The van der Waals surface area contributed by atoms with Crippen molar-refractivity contribution in [3.8, 4) is 5.75 Å². The first-order valence-corrected chi connectivity index (χ1v) is 7.69. The summed E-state index contributed by atoms with van der Waals surface area (Å²) >= 11 is 0. The van der Waals surface area contributed by atoms with Crippen LogP contribution in [0.3, 0.4) is 0 Å². The molecule has 2 rings (SSSR count). The third-order valence-corrected chi connectivity index (χ3v) is 4.03. The Kier molecular flexibility index (Phi) is 5.45. The molecule has 3 nitrogen and oxygen atoms in total. The molecule has 0 aromatic heterocycles. The second-order valence-corrected chi connectivity index (χ2v) is 5.69. The number of carboxylic acids is 1. The van der Waals surface area contributed by atoms with Gasteiger partial charge in [0.15, 0.2) is 0 Å². The maximum atomic E-state index is 11.0. The average molecular weight is 276 g/mol. The zero-order valence-corrected chi connectivity index (χ0v) is 12.2. The molecule has 1 saturated carbocycles. The molecule has 20 heavy (non-hydrogen) atoms. The zero-order chi connectivity index (χ0) is 14.4. The summed E-state index contributed by atoms with van der Waals surface area (Å²) in [6.07, 6.45) is 8.35. The first-order chi connectivity index (χ1) is 9.70. The van der Waals surface area contributed by atoms with E-state index in [1.54, 1.807) is 12.1 Å². The Hall–Kier alpha value is -1.51. The van der Waals surface area contributed by atoms with Crippen molar-refractivity contribution in [2.75, 3.05) is 6.61 Å². The minimum atomic E-state index is -0.874. The molecule has 1 aromatic carbocycles. The number of ether oxygens (including phenoxy) is 1. The van der Waals surface area contributed by atoms with Gasteiger partial charge in [0.1, 0.15) is 5.75 Å². The lowest BCUT2D eigenvalue weighted by atomic mass is 9.90. The standard InChI is InChI=1S/C17H24O3/c1-2-6-14-11-15(17(18)19)9-10-16(14)20-12-13-7-4-3-5-8-13/h9-11,13H,2-8,12H2,1H3,(H,18,19). The number of benzene rings is 1. The molecule has 0 amide bonds. The van der Waals surface area contributed by atoms with Crippen LogP contribution in [0.25, 0.3) is 0 Å². The van der Waals surface area contributed by atoms with Crippen molar-refractivity contribution in [3.63, 3.8) is 0 Å². The molecule has 1 aliphatic rings. The SMILES string of the molecule is CCCc1cc(C(=O)O)ccc1OCC1CCCCC1. The molecular weight excluding hydrogens is 252 g/mol. The monoisotopic (exact) mass is 276 g/mol. The van der Waals surface area contributed by atoms with E-state index >= 15 is 0 Å². The van der Waals surface area contributed by atoms with E-state index in [1.807, 2.05) is 6.07 Å². The van der Waals surface area contributed by atoms with Crippen molar-refractivity contribution in [2.24, 2.45) is 5.92 Å². The van der Waals surface area contributed by atoms with Gasteiger partial charge in [0, 0.05) is 0 Å². The molecule has 0 heterocycles. The summed E-state index contributed by atoms with van der Waals surface area (Å²) in [5.74, 6) is 0.654. The van der Waals surface area contributed by atoms with Crippen LogP contribution in [0.2, 0.25) is 0 Å². The Balaban J connectivity index is 2.03. The summed E-state index contributed by atoms with van der Waals surface area (Å²) in [5, 5.41) is 9.06. The van der Waals surface area contributed by atoms with Crippen LogP contribution in [0.15, 0.2) is 18.2 Å². The van der Waals surface area contributed by atoms with Gasteiger partial charge in [-0.2, -0.15) is 0 Å². The van der Waals surface area contributed by atoms with Crippen LogP contribution in [0, 0.1) is 5.92 Å². The molecule has 0 radical (unpaired) electrons. The number of aromatic carboxylic acids is 1. The van der Waals surface area contributed by atoms with Gasteiger partial charge in [-0.1, -0.05) is 32.6 Å². The van der Waals surface area contributed by atoms with Crippen molar-refractivity contribution in [2.45, 2.75) is 51.9 Å². The molecule has 1 N–H and O–H groups in total. The van der Waals surface area contributed by atoms with Gasteiger partial charge in [-0.05, 0) is 48.9 Å². The average Bonchev–Trinajstić information content (AvgIpc) is 2.47. The number of carboxylic acid groups (broad SMARTS) is 1. The molecule has 0 atom stereocenters. The summed E-state index contributed by atoms with van der Waals surface area (Å²) in [7, 11) is 0. The highest BCUT2D eigenvalue weighted by atomic mass is 16.5. The van der Waals surface area contributed by atoms with E-state index in [1.165, 1.54) is 32.1 Å². The summed E-state index contributed by atoms with van der Waals surface area (Å²) in [6.45, 7) is 2.86. The summed E-state index contributed by atoms with van der Waals surface area (Å²) < 4.78 is 5.97. The summed E-state index contributed by atoms with van der Waals surface area (Å²) in [6, 6.07) is 5.21.